The first kappa shape index (κ1) is 14.5. The summed E-state index contributed by atoms with van der Waals surface area (Å²) in [7, 11) is -3.22. The lowest BCUT2D eigenvalue weighted by atomic mass is 10.1. The summed E-state index contributed by atoms with van der Waals surface area (Å²) in [6, 6.07) is 5.41. The minimum Gasteiger partial charge on any atom is -0.480 e. The fraction of sp³-hybridized carbons (Fsp3) is 0.417. The van der Waals surface area contributed by atoms with Crippen molar-refractivity contribution in [2.45, 2.75) is 30.7 Å². The lowest BCUT2D eigenvalue weighted by Gasteiger charge is -2.14. The summed E-state index contributed by atoms with van der Waals surface area (Å²) in [6.45, 7) is 1.91. The maximum Gasteiger partial charge on any atom is 0.326 e. The van der Waals surface area contributed by atoms with Crippen molar-refractivity contribution in [1.82, 2.24) is 0 Å². The van der Waals surface area contributed by atoms with E-state index in [1.807, 2.05) is 6.92 Å². The standard InChI is InChI=1S/C12H17NO4S/c1-3-4-11(12(14)15)13-9-5-7-10(8-6-9)18(2,16)17/h5-8,11,13H,3-4H2,1-2H3,(H,14,15). The van der Waals surface area contributed by atoms with Crippen LogP contribution >= 0.6 is 0 Å². The Labute approximate surface area is 107 Å². The molecule has 0 amide bonds. The van der Waals surface area contributed by atoms with Crippen LogP contribution in [0.4, 0.5) is 5.69 Å². The van der Waals surface area contributed by atoms with Crippen LogP contribution in [0.1, 0.15) is 19.8 Å². The first-order chi connectivity index (χ1) is 8.34. The van der Waals surface area contributed by atoms with E-state index in [1.165, 1.54) is 12.1 Å². The molecule has 0 heterocycles. The summed E-state index contributed by atoms with van der Waals surface area (Å²) in [5.74, 6) is -0.913. The molecule has 0 bridgehead atoms. The Morgan fingerprint density at radius 1 is 1.33 bits per heavy atom. The molecule has 1 atom stereocenters. The van der Waals surface area contributed by atoms with E-state index in [1.54, 1.807) is 12.1 Å². The van der Waals surface area contributed by atoms with Crippen molar-refractivity contribution in [3.8, 4) is 0 Å². The van der Waals surface area contributed by atoms with Crippen LogP contribution in [0.15, 0.2) is 29.2 Å². The van der Waals surface area contributed by atoms with Crippen LogP contribution in [0, 0.1) is 0 Å². The smallest absolute Gasteiger partial charge is 0.326 e. The van der Waals surface area contributed by atoms with Gasteiger partial charge in [-0.2, -0.15) is 0 Å². The van der Waals surface area contributed by atoms with Crippen molar-refractivity contribution in [3.63, 3.8) is 0 Å². The molecular weight excluding hydrogens is 254 g/mol. The van der Waals surface area contributed by atoms with Crippen molar-refractivity contribution in [2.24, 2.45) is 0 Å². The van der Waals surface area contributed by atoms with E-state index in [-0.39, 0.29) is 4.90 Å². The van der Waals surface area contributed by atoms with Gasteiger partial charge in [-0.3, -0.25) is 0 Å². The van der Waals surface area contributed by atoms with Gasteiger partial charge in [-0.05, 0) is 30.7 Å². The number of carboxylic acid groups (broad SMARTS) is 1. The number of carbonyl (C=O) groups is 1. The number of nitrogens with one attached hydrogen (secondary N) is 1. The van der Waals surface area contributed by atoms with Gasteiger partial charge in [0.2, 0.25) is 0 Å². The van der Waals surface area contributed by atoms with Gasteiger partial charge >= 0.3 is 5.97 Å². The topological polar surface area (TPSA) is 83.5 Å². The minimum absolute atomic E-state index is 0.218. The zero-order valence-corrected chi connectivity index (χ0v) is 11.2. The number of carboxylic acids is 1. The fourth-order valence-electron chi connectivity index (χ4n) is 1.55. The van der Waals surface area contributed by atoms with E-state index in [0.717, 1.165) is 12.7 Å². The van der Waals surface area contributed by atoms with Gasteiger partial charge in [-0.15, -0.1) is 0 Å². The Hall–Kier alpha value is -1.56. The lowest BCUT2D eigenvalue weighted by Crippen LogP contribution is -2.28. The Morgan fingerprint density at radius 3 is 2.28 bits per heavy atom. The van der Waals surface area contributed by atoms with Crippen LogP contribution in [0.3, 0.4) is 0 Å². The first-order valence-electron chi connectivity index (χ1n) is 5.64. The highest BCUT2D eigenvalue weighted by Gasteiger charge is 2.16. The summed E-state index contributed by atoms with van der Waals surface area (Å²) in [6.07, 6.45) is 2.40. The molecule has 0 fully saturated rings. The van der Waals surface area contributed by atoms with E-state index in [0.29, 0.717) is 12.1 Å². The molecular formula is C12H17NO4S. The Kier molecular flexibility index (Phi) is 4.72. The van der Waals surface area contributed by atoms with E-state index in [9.17, 15) is 13.2 Å². The molecule has 0 spiro atoms. The zero-order valence-electron chi connectivity index (χ0n) is 10.4. The minimum atomic E-state index is -3.22. The monoisotopic (exact) mass is 271 g/mol. The molecule has 1 rings (SSSR count). The first-order valence-corrected chi connectivity index (χ1v) is 7.53. The SMILES string of the molecule is CCCC(Nc1ccc(S(C)(=O)=O)cc1)C(=O)O. The third-order valence-corrected chi connectivity index (χ3v) is 3.63. The number of hydrogen-bond acceptors (Lipinski definition) is 4. The molecule has 1 unspecified atom stereocenters. The van der Waals surface area contributed by atoms with Gasteiger partial charge in [0.05, 0.1) is 4.90 Å². The van der Waals surface area contributed by atoms with Crippen LogP contribution in [0.25, 0.3) is 0 Å². The normalized spacial score (nSPS) is 13.0. The second-order valence-electron chi connectivity index (χ2n) is 4.12. The molecule has 18 heavy (non-hydrogen) atoms. The van der Waals surface area contributed by atoms with Gasteiger partial charge in [-0.25, -0.2) is 13.2 Å². The van der Waals surface area contributed by atoms with Crippen LogP contribution in [0.2, 0.25) is 0 Å². The largest absolute Gasteiger partial charge is 0.480 e. The summed E-state index contributed by atoms with van der Waals surface area (Å²) in [5.41, 5.74) is 0.600. The zero-order chi connectivity index (χ0) is 13.8. The summed E-state index contributed by atoms with van der Waals surface area (Å²) in [5, 5.41) is 11.9. The number of sulfone groups is 1. The molecule has 0 radical (unpaired) electrons. The third-order valence-electron chi connectivity index (χ3n) is 2.50. The molecule has 0 aliphatic carbocycles. The average Bonchev–Trinajstić information content (AvgIpc) is 2.28. The van der Waals surface area contributed by atoms with Crippen LogP contribution in [0.5, 0.6) is 0 Å². The highest BCUT2D eigenvalue weighted by molar-refractivity contribution is 7.90. The maximum atomic E-state index is 11.3. The number of benzene rings is 1. The number of rotatable bonds is 6. The molecule has 6 heteroatoms. The maximum absolute atomic E-state index is 11.3. The highest BCUT2D eigenvalue weighted by Crippen LogP contribution is 2.15. The molecule has 2 N–H and O–H groups in total. The van der Waals surface area contributed by atoms with Crippen molar-refractivity contribution in [1.29, 1.82) is 0 Å². The van der Waals surface area contributed by atoms with Crippen molar-refractivity contribution >= 4 is 21.5 Å². The summed E-state index contributed by atoms with van der Waals surface area (Å²) >= 11 is 0. The molecule has 100 valence electrons. The van der Waals surface area contributed by atoms with Gasteiger partial charge in [0, 0.05) is 11.9 Å². The molecule has 0 saturated carbocycles. The average molecular weight is 271 g/mol. The second-order valence-corrected chi connectivity index (χ2v) is 6.14. The number of aliphatic carboxylic acids is 1. The van der Waals surface area contributed by atoms with Crippen molar-refractivity contribution in [3.05, 3.63) is 24.3 Å². The van der Waals surface area contributed by atoms with Crippen LogP contribution in [-0.4, -0.2) is 31.8 Å². The summed E-state index contributed by atoms with van der Waals surface area (Å²) < 4.78 is 22.5. The van der Waals surface area contributed by atoms with Gasteiger partial charge < -0.3 is 10.4 Å². The molecule has 0 aromatic heterocycles. The highest BCUT2D eigenvalue weighted by atomic mass is 32.2. The molecule has 1 aromatic carbocycles. The molecule has 0 saturated heterocycles. The summed E-state index contributed by atoms with van der Waals surface area (Å²) in [4.78, 5) is 11.2. The quantitative estimate of drug-likeness (QED) is 0.823. The second kappa shape index (κ2) is 5.86. The molecule has 5 nitrogen and oxygen atoms in total. The molecule has 0 aliphatic rings. The van der Waals surface area contributed by atoms with Gasteiger partial charge in [0.1, 0.15) is 6.04 Å². The molecule has 0 aliphatic heterocycles. The predicted octanol–water partition coefficient (Wildman–Crippen LogP) is 1.76. The van der Waals surface area contributed by atoms with Crippen LogP contribution in [-0.2, 0) is 14.6 Å². The Morgan fingerprint density at radius 2 is 1.89 bits per heavy atom. The van der Waals surface area contributed by atoms with Crippen molar-refractivity contribution < 1.29 is 18.3 Å². The Bertz CT molecular complexity index is 507. The van der Waals surface area contributed by atoms with E-state index >= 15 is 0 Å². The van der Waals surface area contributed by atoms with E-state index < -0.39 is 21.8 Å². The van der Waals surface area contributed by atoms with Gasteiger partial charge in [0.15, 0.2) is 9.84 Å². The van der Waals surface area contributed by atoms with Gasteiger partial charge in [-0.1, -0.05) is 13.3 Å². The van der Waals surface area contributed by atoms with E-state index in [2.05, 4.69) is 5.32 Å². The number of hydrogen-bond donors (Lipinski definition) is 2. The number of anilines is 1. The Balaban J connectivity index is 2.83. The lowest BCUT2D eigenvalue weighted by molar-refractivity contribution is -0.138. The van der Waals surface area contributed by atoms with Crippen LogP contribution < -0.4 is 5.32 Å². The predicted molar refractivity (Wildman–Crippen MR) is 69.5 cm³/mol. The third kappa shape index (κ3) is 4.03. The fourth-order valence-corrected chi connectivity index (χ4v) is 2.18. The van der Waals surface area contributed by atoms with E-state index in [4.69, 9.17) is 5.11 Å². The molecule has 1 aromatic rings. The van der Waals surface area contributed by atoms with Gasteiger partial charge in [0.25, 0.3) is 0 Å². The van der Waals surface area contributed by atoms with Crippen molar-refractivity contribution in [2.75, 3.05) is 11.6 Å².